The predicted molar refractivity (Wildman–Crippen MR) is 105 cm³/mol. The van der Waals surface area contributed by atoms with Gasteiger partial charge in [0.15, 0.2) is 0 Å². The van der Waals surface area contributed by atoms with Gasteiger partial charge in [-0.3, -0.25) is 4.79 Å². The van der Waals surface area contributed by atoms with Gasteiger partial charge in [0.25, 0.3) is 0 Å². The lowest BCUT2D eigenvalue weighted by Crippen LogP contribution is -2.51. The molecule has 0 unspecified atom stereocenters. The fraction of sp³-hybridized carbons (Fsp3) is 0.545. The summed E-state index contributed by atoms with van der Waals surface area (Å²) in [5.41, 5.74) is 2.46. The fourth-order valence-corrected chi connectivity index (χ4v) is 4.20. The molecule has 0 atom stereocenters. The number of aromatic nitrogens is 2. The van der Waals surface area contributed by atoms with Gasteiger partial charge in [-0.1, -0.05) is 30.3 Å². The van der Waals surface area contributed by atoms with E-state index in [1.807, 2.05) is 29.3 Å². The first kappa shape index (κ1) is 18.2. The van der Waals surface area contributed by atoms with Gasteiger partial charge in [0.1, 0.15) is 5.82 Å². The number of nitrogens with zero attached hydrogens (tertiary/aromatic N) is 3. The Morgan fingerprint density at radius 1 is 1.19 bits per heavy atom. The third-order valence-electron chi connectivity index (χ3n) is 5.89. The fourth-order valence-electron chi connectivity index (χ4n) is 4.20. The van der Waals surface area contributed by atoms with Crippen molar-refractivity contribution < 1.29 is 9.53 Å². The van der Waals surface area contributed by atoms with Gasteiger partial charge < -0.3 is 14.2 Å². The maximum atomic E-state index is 12.4. The summed E-state index contributed by atoms with van der Waals surface area (Å²) in [6.45, 7) is 6.53. The minimum absolute atomic E-state index is 0.280. The number of rotatable bonds is 6. The molecule has 27 heavy (non-hydrogen) atoms. The number of imidazole rings is 1. The van der Waals surface area contributed by atoms with Gasteiger partial charge in [-0.05, 0) is 31.7 Å². The highest BCUT2D eigenvalue weighted by Gasteiger charge is 2.32. The van der Waals surface area contributed by atoms with Crippen LogP contribution in [0.1, 0.15) is 42.3 Å². The van der Waals surface area contributed by atoms with Crippen LogP contribution in [-0.4, -0.2) is 46.7 Å². The Bertz CT molecular complexity index is 759. The van der Waals surface area contributed by atoms with E-state index in [1.54, 1.807) is 0 Å². The van der Waals surface area contributed by atoms with Crippen molar-refractivity contribution in [3.8, 4) is 0 Å². The van der Waals surface area contributed by atoms with Crippen LogP contribution < -0.4 is 0 Å². The van der Waals surface area contributed by atoms with Crippen molar-refractivity contribution in [3.63, 3.8) is 0 Å². The Morgan fingerprint density at radius 3 is 2.67 bits per heavy atom. The number of ether oxygens (including phenoxy) is 1. The third kappa shape index (κ3) is 4.24. The predicted octanol–water partition coefficient (Wildman–Crippen LogP) is 3.18. The van der Waals surface area contributed by atoms with Gasteiger partial charge in [-0.15, -0.1) is 0 Å². The van der Waals surface area contributed by atoms with Crippen molar-refractivity contribution in [2.24, 2.45) is 5.92 Å². The summed E-state index contributed by atoms with van der Waals surface area (Å²) >= 11 is 0. The van der Waals surface area contributed by atoms with Crippen LogP contribution in [-0.2, 0) is 22.5 Å². The van der Waals surface area contributed by atoms with Crippen molar-refractivity contribution in [2.75, 3.05) is 26.3 Å². The summed E-state index contributed by atoms with van der Waals surface area (Å²) < 4.78 is 7.88. The van der Waals surface area contributed by atoms with E-state index in [1.165, 1.54) is 17.1 Å². The minimum Gasteiger partial charge on any atom is -0.381 e. The molecule has 2 fully saturated rings. The Morgan fingerprint density at radius 2 is 1.93 bits per heavy atom. The molecule has 0 bridgehead atoms. The lowest BCUT2D eigenvalue weighted by molar-refractivity contribution is -0.137. The molecule has 1 aromatic carbocycles. The molecule has 0 aliphatic carbocycles. The van der Waals surface area contributed by atoms with Crippen molar-refractivity contribution >= 4 is 5.91 Å². The van der Waals surface area contributed by atoms with Crippen LogP contribution in [0.15, 0.2) is 36.5 Å². The second kappa shape index (κ2) is 8.26. The summed E-state index contributed by atoms with van der Waals surface area (Å²) in [7, 11) is 0. The number of hydrogen-bond donors (Lipinski definition) is 0. The van der Waals surface area contributed by atoms with E-state index in [0.29, 0.717) is 18.3 Å². The molecule has 5 heteroatoms. The smallest absolute Gasteiger partial charge is 0.222 e. The van der Waals surface area contributed by atoms with Crippen LogP contribution in [0.3, 0.4) is 0 Å². The first-order chi connectivity index (χ1) is 13.2. The molecular weight excluding hydrogens is 338 g/mol. The van der Waals surface area contributed by atoms with Crippen molar-refractivity contribution in [1.29, 1.82) is 0 Å². The molecule has 0 spiro atoms. The normalized spacial score (nSPS) is 18.5. The van der Waals surface area contributed by atoms with Crippen LogP contribution >= 0.6 is 0 Å². The van der Waals surface area contributed by atoms with Gasteiger partial charge in [0.2, 0.25) is 5.91 Å². The van der Waals surface area contributed by atoms with E-state index < -0.39 is 0 Å². The summed E-state index contributed by atoms with van der Waals surface area (Å²) in [6, 6.07) is 10.3. The summed E-state index contributed by atoms with van der Waals surface area (Å²) in [4.78, 5) is 19.1. The van der Waals surface area contributed by atoms with Gasteiger partial charge in [0, 0.05) is 63.0 Å². The lowest BCUT2D eigenvalue weighted by Gasteiger charge is -2.40. The summed E-state index contributed by atoms with van der Waals surface area (Å²) in [6.07, 6.45) is 5.55. The molecule has 0 saturated carbocycles. The molecular formula is C22H29N3O2. The van der Waals surface area contributed by atoms with E-state index in [2.05, 4.69) is 23.6 Å². The van der Waals surface area contributed by atoms with Crippen LogP contribution in [0, 0.1) is 12.8 Å². The van der Waals surface area contributed by atoms with E-state index in [-0.39, 0.29) is 5.91 Å². The maximum Gasteiger partial charge on any atom is 0.222 e. The molecule has 3 heterocycles. The zero-order valence-electron chi connectivity index (χ0n) is 16.1. The zero-order valence-corrected chi connectivity index (χ0v) is 16.1. The summed E-state index contributed by atoms with van der Waals surface area (Å²) in [5.74, 6) is 2.54. The number of amides is 1. The topological polar surface area (TPSA) is 47.4 Å². The average Bonchev–Trinajstić information content (AvgIpc) is 3.04. The van der Waals surface area contributed by atoms with E-state index in [0.717, 1.165) is 52.1 Å². The van der Waals surface area contributed by atoms with E-state index in [9.17, 15) is 4.79 Å². The van der Waals surface area contributed by atoms with Crippen LogP contribution in [0.2, 0.25) is 0 Å². The van der Waals surface area contributed by atoms with Gasteiger partial charge in [-0.2, -0.15) is 0 Å². The summed E-state index contributed by atoms with van der Waals surface area (Å²) in [5, 5.41) is 0. The Hall–Kier alpha value is -2.14. The third-order valence-corrected chi connectivity index (χ3v) is 5.89. The number of aryl methyl sites for hydroxylation is 2. The Balaban J connectivity index is 1.28. The van der Waals surface area contributed by atoms with E-state index >= 15 is 0 Å². The minimum atomic E-state index is 0.280. The van der Waals surface area contributed by atoms with E-state index in [4.69, 9.17) is 9.72 Å². The first-order valence-corrected chi connectivity index (χ1v) is 10.1. The van der Waals surface area contributed by atoms with Crippen molar-refractivity contribution in [2.45, 2.75) is 45.1 Å². The molecule has 1 amide bonds. The van der Waals surface area contributed by atoms with Gasteiger partial charge >= 0.3 is 0 Å². The standard InChI is InChI=1S/C22H29N3O2/c1-17-13-23-22(20-9-11-27-12-10-20)25(17)16-19-14-24(15-19)21(26)8-7-18-5-3-2-4-6-18/h2-6,13,19-20H,7-12,14-16H2,1H3. The lowest BCUT2D eigenvalue weighted by atomic mass is 9.96. The van der Waals surface area contributed by atoms with Crippen molar-refractivity contribution in [1.82, 2.24) is 14.5 Å². The van der Waals surface area contributed by atoms with Crippen molar-refractivity contribution in [3.05, 3.63) is 53.6 Å². The Labute approximate surface area is 161 Å². The van der Waals surface area contributed by atoms with Gasteiger partial charge in [0.05, 0.1) is 0 Å². The highest BCUT2D eigenvalue weighted by molar-refractivity contribution is 5.77. The number of carbonyl (C=O) groups excluding carboxylic acids is 1. The Kier molecular flexibility index (Phi) is 5.58. The first-order valence-electron chi connectivity index (χ1n) is 10.1. The molecule has 2 aromatic rings. The SMILES string of the molecule is Cc1cnc(C2CCOCC2)n1CC1CN(C(=O)CCc2ccccc2)C1. The molecule has 0 N–H and O–H groups in total. The number of likely N-dealkylation sites (tertiary alicyclic amines) is 1. The number of carbonyl (C=O) groups is 1. The molecule has 144 valence electrons. The van der Waals surface area contributed by atoms with Crippen LogP contribution in [0.25, 0.3) is 0 Å². The van der Waals surface area contributed by atoms with Gasteiger partial charge in [-0.25, -0.2) is 4.98 Å². The second-order valence-corrected chi connectivity index (χ2v) is 7.91. The molecule has 2 saturated heterocycles. The highest BCUT2D eigenvalue weighted by Crippen LogP contribution is 2.28. The van der Waals surface area contributed by atoms with Crippen LogP contribution in [0.5, 0.6) is 0 Å². The highest BCUT2D eigenvalue weighted by atomic mass is 16.5. The van der Waals surface area contributed by atoms with Crippen LogP contribution in [0.4, 0.5) is 0 Å². The molecule has 4 rings (SSSR count). The second-order valence-electron chi connectivity index (χ2n) is 7.91. The quantitative estimate of drug-likeness (QED) is 0.788. The molecule has 2 aliphatic heterocycles. The molecule has 0 radical (unpaired) electrons. The molecule has 5 nitrogen and oxygen atoms in total. The largest absolute Gasteiger partial charge is 0.381 e. The zero-order chi connectivity index (χ0) is 18.6. The number of hydrogen-bond acceptors (Lipinski definition) is 3. The number of benzene rings is 1. The maximum absolute atomic E-state index is 12.4. The monoisotopic (exact) mass is 367 g/mol. The average molecular weight is 367 g/mol. The molecule has 1 aromatic heterocycles. The molecule has 2 aliphatic rings.